The number of nitrogens with one attached hydrogen (secondary N) is 3. The zero-order valence-corrected chi connectivity index (χ0v) is 73.5. The number of nitrogen functional groups attached to an aromatic ring is 3. The van der Waals surface area contributed by atoms with E-state index in [-0.39, 0.29) is 71.9 Å². The van der Waals surface area contributed by atoms with Gasteiger partial charge < -0.3 is 89.8 Å². The maximum atomic E-state index is 13.9. The summed E-state index contributed by atoms with van der Waals surface area (Å²) >= 11 is 0. The number of carbonyl (C=O) groups is 3. The number of carbonyl (C=O) groups excluding carboxylic acids is 3. The molecule has 9 aromatic rings. The predicted octanol–water partition coefficient (Wildman–Crippen LogP) is 8.75. The van der Waals surface area contributed by atoms with Gasteiger partial charge in [0, 0.05) is 18.6 Å². The number of nitrogens with zero attached hydrogens (tertiary/aromatic N) is 9. The third-order valence-corrected chi connectivity index (χ3v) is 26.8. The fourth-order valence-corrected chi connectivity index (χ4v) is 18.5. The molecule has 9 heterocycles. The summed E-state index contributed by atoms with van der Waals surface area (Å²) in [6.45, 7) is 15.3. The van der Waals surface area contributed by atoms with Crippen LogP contribution in [0.25, 0.3) is 16.6 Å². The van der Waals surface area contributed by atoms with Crippen LogP contribution in [0.1, 0.15) is 118 Å². The average Bonchev–Trinajstić information content (AvgIpc) is 1.59. The molecule has 3 aliphatic rings. The minimum absolute atomic E-state index is 0.136. The van der Waals surface area contributed by atoms with Gasteiger partial charge in [0.05, 0.1) is 90.3 Å². The van der Waals surface area contributed by atoms with Crippen LogP contribution in [0.2, 0.25) is 0 Å². The van der Waals surface area contributed by atoms with Gasteiger partial charge in [-0.25, -0.2) is 27.2 Å². The Labute approximate surface area is 727 Å². The second kappa shape index (κ2) is 43.3. The highest BCUT2D eigenvalue weighted by molar-refractivity contribution is 7.52. The number of hydrogen-bond donors (Lipinski definition) is 12. The highest BCUT2D eigenvalue weighted by Gasteiger charge is 2.61. The van der Waals surface area contributed by atoms with E-state index < -0.39 is 151 Å². The molecule has 12 rings (SSSR count). The first-order valence-corrected chi connectivity index (χ1v) is 45.7. The van der Waals surface area contributed by atoms with Crippen molar-refractivity contribution < 1.29 is 114 Å². The Morgan fingerprint density at radius 3 is 0.873 bits per heavy atom. The van der Waals surface area contributed by atoms with Crippen molar-refractivity contribution in [2.75, 3.05) is 56.8 Å². The number of hydrogen-bond acceptors (Lipinski definition) is 33. The number of nitriles is 3. The van der Waals surface area contributed by atoms with Gasteiger partial charge in [-0.2, -0.15) is 46.3 Å². The van der Waals surface area contributed by atoms with Crippen molar-refractivity contribution in [3.63, 3.8) is 0 Å². The van der Waals surface area contributed by atoms with Crippen molar-refractivity contribution in [1.29, 1.82) is 15.8 Å². The molecule has 39 nitrogen and oxygen atoms in total. The SMILES string of the molecule is CCC(CC)COC(=O)[C@H](C)NP(=O)(OC[C@H]1O[C@@](C#N)(c2ccc3c(N)ccnn23)[C@H](O)[C@@H]1O)Oc1ccccc1.CCC(CC)COC(=O)[C@H](C)N[P@@](=O)(OC[C@H]1O[C@@](C#N)(c2ccc3c(N)ccnn23)[C@H](O)[C@@H]1O)Oc1ccccc1.CCC(CC)COC(=O)[C@H](C)N[P@](=O)(OC[C@H]1O[C@@](C#N)(c2ccc3c(N)ccnn23)[C@H](O)[C@@H]1O)Oc1ccccc1. The average molecular weight is 1800 g/mol. The molecule has 3 saturated heterocycles. The molecule has 15 N–H and O–H groups in total. The van der Waals surface area contributed by atoms with Gasteiger partial charge >= 0.3 is 41.1 Å². The Morgan fingerprint density at radius 2 is 0.651 bits per heavy atom. The summed E-state index contributed by atoms with van der Waals surface area (Å²) < 4.78 is 114. The van der Waals surface area contributed by atoms with Crippen molar-refractivity contribution in [1.82, 2.24) is 44.1 Å². The third kappa shape index (κ3) is 22.4. The normalized spacial score (nSPS) is 24.3. The van der Waals surface area contributed by atoms with E-state index in [0.717, 1.165) is 38.5 Å². The third-order valence-electron chi connectivity index (χ3n) is 21.9. The number of ether oxygens (including phenoxy) is 6. The molecule has 0 radical (unpaired) electrons. The van der Waals surface area contributed by atoms with Crippen LogP contribution in [0.15, 0.2) is 164 Å². The number of esters is 3. The van der Waals surface area contributed by atoms with Crippen molar-refractivity contribution >= 4 is 74.8 Å². The second-order valence-electron chi connectivity index (χ2n) is 30.3. The molecule has 126 heavy (non-hydrogen) atoms. The van der Waals surface area contributed by atoms with E-state index in [4.69, 9.17) is 72.8 Å². The van der Waals surface area contributed by atoms with Crippen LogP contribution in [0.5, 0.6) is 17.2 Å². The van der Waals surface area contributed by atoms with Gasteiger partial charge in [0.15, 0.2) is 0 Å². The van der Waals surface area contributed by atoms with Crippen molar-refractivity contribution in [3.05, 3.63) is 181 Å². The van der Waals surface area contributed by atoms with Gasteiger partial charge in [-0.15, -0.1) is 0 Å². The topological polar surface area (TPSA) is 572 Å². The molecule has 1 unspecified atom stereocenters. The summed E-state index contributed by atoms with van der Waals surface area (Å²) in [5.74, 6) is -0.789. The summed E-state index contributed by atoms with van der Waals surface area (Å²) in [7, 11) is -12.9. The Kier molecular flexibility index (Phi) is 33.6. The van der Waals surface area contributed by atoms with Crippen LogP contribution in [0, 0.1) is 51.7 Å². The molecule has 0 bridgehead atoms. The summed E-state index contributed by atoms with van der Waals surface area (Å²) in [4.78, 5) is 38.1. The van der Waals surface area contributed by atoms with Gasteiger partial charge in [-0.3, -0.25) is 28.0 Å². The van der Waals surface area contributed by atoms with Crippen LogP contribution < -0.4 is 46.0 Å². The van der Waals surface area contributed by atoms with E-state index in [9.17, 15) is 74.5 Å². The predicted molar refractivity (Wildman–Crippen MR) is 456 cm³/mol. The summed E-state index contributed by atoms with van der Waals surface area (Å²) in [6.07, 6.45) is -4.68. The molecular formula is C84H108N15O24P3. The molecule has 0 aliphatic carbocycles. The second-order valence-corrected chi connectivity index (χ2v) is 35.4. The van der Waals surface area contributed by atoms with E-state index in [0.29, 0.717) is 33.6 Å². The highest BCUT2D eigenvalue weighted by atomic mass is 31.2. The van der Waals surface area contributed by atoms with Gasteiger partial charge in [0.25, 0.3) is 0 Å². The Hall–Kier alpha value is -10.5. The monoisotopic (exact) mass is 1800 g/mol. The van der Waals surface area contributed by atoms with Crippen molar-refractivity contribution in [3.8, 4) is 35.5 Å². The Balaban J connectivity index is 0.000000197. The lowest BCUT2D eigenvalue weighted by atomic mass is 9.92. The lowest BCUT2D eigenvalue weighted by Crippen LogP contribution is -2.41. The van der Waals surface area contributed by atoms with Gasteiger partial charge in [-0.1, -0.05) is 135 Å². The van der Waals surface area contributed by atoms with E-state index in [1.54, 1.807) is 127 Å². The van der Waals surface area contributed by atoms with E-state index in [1.165, 1.54) is 71.1 Å². The summed E-state index contributed by atoms with van der Waals surface area (Å²) in [5, 5.41) is 117. The zero-order chi connectivity index (χ0) is 91.5. The molecule has 0 saturated carbocycles. The summed E-state index contributed by atoms with van der Waals surface area (Å²) in [5.41, 5.74) is 14.9. The van der Waals surface area contributed by atoms with Crippen molar-refractivity contribution in [2.24, 2.45) is 17.8 Å². The molecule has 6 aromatic heterocycles. The molecular weight excluding hydrogens is 1700 g/mol. The first kappa shape index (κ1) is 97.7. The molecule has 3 aliphatic heterocycles. The number of benzene rings is 3. The highest BCUT2D eigenvalue weighted by Crippen LogP contribution is 2.52. The Bertz CT molecular complexity index is 4900. The first-order valence-electron chi connectivity index (χ1n) is 41.1. The molecule has 3 aromatic carbocycles. The lowest BCUT2D eigenvalue weighted by molar-refractivity contribution is -0.147. The molecule has 3 fully saturated rings. The minimum atomic E-state index is -4.31. The number of aromatic nitrogens is 6. The van der Waals surface area contributed by atoms with Crippen LogP contribution >= 0.6 is 23.2 Å². The number of fused-ring (bicyclic) bond motifs is 3. The van der Waals surface area contributed by atoms with Crippen LogP contribution in [0.3, 0.4) is 0 Å². The number of para-hydroxylation sites is 3. The zero-order valence-electron chi connectivity index (χ0n) is 70.9. The fourth-order valence-electron chi connectivity index (χ4n) is 14.0. The quantitative estimate of drug-likeness (QED) is 0.00972. The molecule has 0 amide bonds. The van der Waals surface area contributed by atoms with E-state index >= 15 is 0 Å². The largest absolute Gasteiger partial charge is 0.464 e. The van der Waals surface area contributed by atoms with E-state index in [1.807, 2.05) is 59.8 Å². The van der Waals surface area contributed by atoms with Crippen molar-refractivity contribution in [2.45, 2.75) is 191 Å². The number of rotatable bonds is 39. The Morgan fingerprint density at radius 1 is 0.413 bits per heavy atom. The number of aliphatic hydroxyl groups is 6. The first-order chi connectivity index (χ1) is 60.2. The lowest BCUT2D eigenvalue weighted by Gasteiger charge is -2.25. The summed E-state index contributed by atoms with van der Waals surface area (Å²) in [6, 6.07) is 41.2. The van der Waals surface area contributed by atoms with Crippen LogP contribution in [-0.2, 0) is 86.9 Å². The number of anilines is 3. The van der Waals surface area contributed by atoms with E-state index in [2.05, 4.69) is 30.6 Å². The standard InChI is InChI=1S/3C28H36N5O8P/c3*1-4-19(5-2)15-38-27(36)18(3)32-42(37,41-20-9-7-6-8-10-20)39-16-23-25(34)26(35)28(17-29,40-23)24-12-11-22-21(30)13-14-31-33(22)24/h3*6-14,18-19,23,25-26,34-35H,4-5,15-16,30H2,1-3H3,(H,32,37)/t18-,23+,25+,26+,28-,42?;18-,23+,25+,26+,28-,42+;18-,23+,25+,26+,28-,42-/m000/s1. The van der Waals surface area contributed by atoms with Crippen LogP contribution in [0.4, 0.5) is 17.1 Å². The maximum absolute atomic E-state index is 13.9. The van der Waals surface area contributed by atoms with Gasteiger partial charge in [0.2, 0.25) is 16.8 Å². The number of aliphatic hydroxyl groups excluding tert-OH is 6. The van der Waals surface area contributed by atoms with Crippen LogP contribution in [-0.4, -0.2) is 190 Å². The number of nitrogens with two attached hydrogens (primary N) is 3. The molecule has 18 atom stereocenters. The van der Waals surface area contributed by atoms with Gasteiger partial charge in [-0.05, 0) is 130 Å². The fraction of sp³-hybridized carbons (Fsp3) is 0.464. The molecule has 42 heteroatoms. The minimum Gasteiger partial charge on any atom is -0.464 e. The smallest absolute Gasteiger partial charge is 0.459 e. The molecule has 0 spiro atoms. The van der Waals surface area contributed by atoms with Gasteiger partial charge in [0.1, 0.15) is 109 Å². The molecule has 678 valence electrons. The maximum Gasteiger partial charge on any atom is 0.459 e.